The molecular weight excluding hydrogens is 531 g/mol. The fourth-order valence-electron chi connectivity index (χ4n) is 3.80. The van der Waals surface area contributed by atoms with Gasteiger partial charge in [-0.25, -0.2) is 19.0 Å². The predicted molar refractivity (Wildman–Crippen MR) is 137 cm³/mol. The molecule has 0 radical (unpaired) electrons. The van der Waals surface area contributed by atoms with E-state index in [1.807, 2.05) is 0 Å². The summed E-state index contributed by atoms with van der Waals surface area (Å²) in [7, 11) is 0. The highest BCUT2D eigenvalue weighted by molar-refractivity contribution is 9.10. The molecule has 2 aromatic carbocycles. The van der Waals surface area contributed by atoms with Crippen molar-refractivity contribution in [3.8, 4) is 5.75 Å². The third-order valence-electron chi connectivity index (χ3n) is 5.92. The number of carbonyl (C=O) groups excluding carboxylic acids is 3. The number of aromatic nitrogens is 1. The predicted octanol–water partition coefficient (Wildman–Crippen LogP) is 5.36. The number of urea groups is 1. The molecule has 1 aliphatic carbocycles. The molecule has 0 saturated heterocycles. The number of amides is 2. The van der Waals surface area contributed by atoms with Gasteiger partial charge in [-0.15, -0.1) is 0 Å². The number of anilines is 2. The number of carbonyl (C=O) groups is 3. The maximum atomic E-state index is 15.1. The number of Topliss-reactive ketones (excluding diaryl/α,β-unsaturated/α-hetero) is 1. The van der Waals surface area contributed by atoms with Crippen molar-refractivity contribution in [1.29, 1.82) is 0 Å². The van der Waals surface area contributed by atoms with Crippen LogP contribution >= 0.6 is 15.9 Å². The van der Waals surface area contributed by atoms with Crippen LogP contribution in [0.2, 0.25) is 0 Å². The van der Waals surface area contributed by atoms with Crippen LogP contribution in [0.3, 0.4) is 0 Å². The summed E-state index contributed by atoms with van der Waals surface area (Å²) in [6.45, 7) is 3.47. The largest absolute Gasteiger partial charge is 0.422 e. The average molecular weight is 555 g/mol. The van der Waals surface area contributed by atoms with Crippen molar-refractivity contribution in [2.45, 2.75) is 38.6 Å². The number of nitrogens with one attached hydrogen (secondary N) is 2. The minimum Gasteiger partial charge on any atom is -0.422 e. The number of halogens is 2. The van der Waals surface area contributed by atoms with Crippen molar-refractivity contribution < 1.29 is 23.5 Å². The van der Waals surface area contributed by atoms with E-state index in [0.717, 1.165) is 10.0 Å². The monoisotopic (exact) mass is 554 g/mol. The Kier molecular flexibility index (Phi) is 7.35. The van der Waals surface area contributed by atoms with Gasteiger partial charge in [-0.05, 0) is 71.2 Å². The molecule has 186 valence electrons. The van der Waals surface area contributed by atoms with Crippen LogP contribution in [0, 0.1) is 12.7 Å². The second-order valence-electron chi connectivity index (χ2n) is 8.48. The second-order valence-corrected chi connectivity index (χ2v) is 9.40. The molecule has 36 heavy (non-hydrogen) atoms. The minimum atomic E-state index is -0.761. The van der Waals surface area contributed by atoms with E-state index in [2.05, 4.69) is 31.5 Å². The lowest BCUT2D eigenvalue weighted by atomic mass is 9.99. The van der Waals surface area contributed by atoms with E-state index in [4.69, 9.17) is 10.5 Å². The average Bonchev–Trinajstić information content (AvgIpc) is 3.60. The molecule has 1 fully saturated rings. The molecule has 0 spiro atoms. The number of nitrogen functional groups attached to an aromatic ring is 1. The number of nitrogens with zero attached hydrogens (tertiary/aromatic N) is 1. The summed E-state index contributed by atoms with van der Waals surface area (Å²) in [5.74, 6) is -1.95. The van der Waals surface area contributed by atoms with Crippen LogP contribution in [0.1, 0.15) is 57.5 Å². The molecule has 0 aliphatic heterocycles. The summed E-state index contributed by atoms with van der Waals surface area (Å²) >= 11 is 3.28. The quantitative estimate of drug-likeness (QED) is 0.156. The first-order chi connectivity index (χ1) is 17.2. The van der Waals surface area contributed by atoms with Gasteiger partial charge in [0.1, 0.15) is 17.4 Å². The molecule has 1 aliphatic rings. The molecule has 10 heteroatoms. The van der Waals surface area contributed by atoms with Gasteiger partial charge in [0, 0.05) is 40.3 Å². The van der Waals surface area contributed by atoms with Crippen LogP contribution < -0.4 is 21.1 Å². The molecule has 3 aromatic rings. The van der Waals surface area contributed by atoms with Gasteiger partial charge in [-0.1, -0.05) is 13.0 Å². The van der Waals surface area contributed by atoms with E-state index < -0.39 is 29.8 Å². The van der Waals surface area contributed by atoms with Gasteiger partial charge in [0.25, 0.3) is 0 Å². The van der Waals surface area contributed by atoms with Crippen LogP contribution in [0.5, 0.6) is 5.75 Å². The molecule has 0 unspecified atom stereocenters. The summed E-state index contributed by atoms with van der Waals surface area (Å²) in [5, 5.41) is 5.39. The van der Waals surface area contributed by atoms with Gasteiger partial charge >= 0.3 is 12.0 Å². The van der Waals surface area contributed by atoms with Gasteiger partial charge in [0.05, 0.1) is 11.1 Å². The number of rotatable bonds is 7. The molecule has 2 atom stereocenters. The van der Waals surface area contributed by atoms with E-state index in [-0.39, 0.29) is 34.6 Å². The maximum absolute atomic E-state index is 15.1. The third kappa shape index (κ3) is 5.54. The maximum Gasteiger partial charge on any atom is 0.343 e. The molecule has 4 rings (SSSR count). The first kappa shape index (κ1) is 25.3. The Morgan fingerprint density at radius 1 is 1.19 bits per heavy atom. The topological polar surface area (TPSA) is 123 Å². The number of benzene rings is 2. The number of ketones is 1. The van der Waals surface area contributed by atoms with Gasteiger partial charge in [0.2, 0.25) is 0 Å². The van der Waals surface area contributed by atoms with Gasteiger partial charge < -0.3 is 15.8 Å². The highest BCUT2D eigenvalue weighted by Gasteiger charge is 2.44. The van der Waals surface area contributed by atoms with E-state index in [1.165, 1.54) is 18.2 Å². The van der Waals surface area contributed by atoms with Crippen molar-refractivity contribution in [2.24, 2.45) is 0 Å². The third-order valence-corrected chi connectivity index (χ3v) is 6.39. The van der Waals surface area contributed by atoms with Crippen molar-refractivity contribution in [2.75, 3.05) is 11.1 Å². The van der Waals surface area contributed by atoms with Gasteiger partial charge in [0.15, 0.2) is 5.78 Å². The fourth-order valence-corrected chi connectivity index (χ4v) is 4.04. The SMILES string of the molecule is CCC(=O)c1ccc(F)c([C@@H]2C[C@@H]2NC(=O)Nc2ccc(Br)cn2)c1OC(=O)c1ccc(C)c(N)c1. The van der Waals surface area contributed by atoms with Gasteiger partial charge in [-0.3, -0.25) is 10.1 Å². The van der Waals surface area contributed by atoms with E-state index in [9.17, 15) is 14.4 Å². The molecule has 4 N–H and O–H groups in total. The summed E-state index contributed by atoms with van der Waals surface area (Å²) < 4.78 is 21.5. The number of esters is 1. The number of pyridine rings is 1. The number of aryl methyl sites for hydroxylation is 1. The summed E-state index contributed by atoms with van der Waals surface area (Å²) in [4.78, 5) is 42.1. The van der Waals surface area contributed by atoms with Crippen molar-refractivity contribution in [1.82, 2.24) is 10.3 Å². The first-order valence-corrected chi connectivity index (χ1v) is 12.1. The highest BCUT2D eigenvalue weighted by atomic mass is 79.9. The molecule has 1 heterocycles. The fraction of sp³-hybridized carbons (Fsp3) is 0.231. The Balaban J connectivity index is 1.58. The summed E-state index contributed by atoms with van der Waals surface area (Å²) in [5.41, 5.74) is 7.48. The minimum absolute atomic E-state index is 0.0785. The molecule has 0 bridgehead atoms. The molecule has 2 amide bonds. The number of hydrogen-bond acceptors (Lipinski definition) is 6. The lowest BCUT2D eigenvalue weighted by Gasteiger charge is -2.16. The smallest absolute Gasteiger partial charge is 0.343 e. The van der Waals surface area contributed by atoms with E-state index in [0.29, 0.717) is 17.9 Å². The first-order valence-electron chi connectivity index (χ1n) is 11.3. The van der Waals surface area contributed by atoms with Crippen molar-refractivity contribution in [3.63, 3.8) is 0 Å². The van der Waals surface area contributed by atoms with Gasteiger partial charge in [-0.2, -0.15) is 0 Å². The Bertz CT molecular complexity index is 1350. The molecular formula is C26H24BrFN4O4. The van der Waals surface area contributed by atoms with Crippen LogP contribution in [-0.2, 0) is 0 Å². The number of ether oxygens (including phenoxy) is 1. The molecule has 1 aromatic heterocycles. The highest BCUT2D eigenvalue weighted by Crippen LogP contribution is 2.47. The Morgan fingerprint density at radius 3 is 2.64 bits per heavy atom. The zero-order chi connectivity index (χ0) is 26.0. The van der Waals surface area contributed by atoms with E-state index >= 15 is 4.39 Å². The lowest BCUT2D eigenvalue weighted by molar-refractivity contribution is 0.0730. The van der Waals surface area contributed by atoms with Crippen LogP contribution in [0.15, 0.2) is 53.1 Å². The summed E-state index contributed by atoms with van der Waals surface area (Å²) in [6.07, 6.45) is 2.09. The van der Waals surface area contributed by atoms with E-state index in [1.54, 1.807) is 44.3 Å². The van der Waals surface area contributed by atoms with Crippen LogP contribution in [-0.4, -0.2) is 28.8 Å². The van der Waals surface area contributed by atoms with Crippen LogP contribution in [0.25, 0.3) is 0 Å². The Morgan fingerprint density at radius 2 is 1.97 bits per heavy atom. The van der Waals surface area contributed by atoms with Crippen molar-refractivity contribution >= 4 is 45.2 Å². The number of hydrogen-bond donors (Lipinski definition) is 3. The molecule has 1 saturated carbocycles. The zero-order valence-corrected chi connectivity index (χ0v) is 21.2. The second kappa shape index (κ2) is 10.4. The molecule has 8 nitrogen and oxygen atoms in total. The van der Waals surface area contributed by atoms with Crippen LogP contribution in [0.4, 0.5) is 20.7 Å². The Labute approximate surface area is 215 Å². The Hall–Kier alpha value is -3.79. The number of nitrogens with two attached hydrogens (primary N) is 1. The lowest BCUT2D eigenvalue weighted by Crippen LogP contribution is -2.31. The van der Waals surface area contributed by atoms with Crippen molar-refractivity contribution in [3.05, 3.63) is 81.2 Å². The summed E-state index contributed by atoms with van der Waals surface area (Å²) in [6, 6.07) is 9.63. The normalized spacial score (nSPS) is 16.2. The standard InChI is InChI=1S/C26H24BrFN4O4/c1-3-21(33)16-7-8-18(28)23(24(16)36-25(34)14-5-4-13(2)19(29)10-14)17-11-20(17)31-26(35)32-22-9-6-15(27)12-30-22/h4-10,12,17,20H,3,11,29H2,1-2H3,(H2,30,31,32,35)/t17-,20+/m1/s1. The zero-order valence-electron chi connectivity index (χ0n) is 19.6.